The fourth-order valence-corrected chi connectivity index (χ4v) is 2.45. The molecule has 0 aromatic heterocycles. The van der Waals surface area contributed by atoms with E-state index < -0.39 is 23.5 Å². The zero-order valence-corrected chi connectivity index (χ0v) is 12.8. The van der Waals surface area contributed by atoms with Crippen LogP contribution in [0, 0.1) is 17.5 Å². The van der Waals surface area contributed by atoms with Gasteiger partial charge < -0.3 is 5.73 Å². The Hall–Kier alpha value is -1.03. The molecule has 0 radical (unpaired) electrons. The number of benzene rings is 1. The first-order chi connectivity index (χ1) is 10.1. The molecule has 0 amide bonds. The summed E-state index contributed by atoms with van der Waals surface area (Å²) in [6.07, 6.45) is 10.2. The van der Waals surface area contributed by atoms with Gasteiger partial charge in [0.05, 0.1) is 0 Å². The standard InChI is InChI=1S/C17H26F3N/c1-2-3-4-5-6-7-8-9-10-16(21)13-11-14(18)17(20)15(19)12-13/h11-12,16H,2-10,21H2,1H3. The molecule has 0 fully saturated rings. The summed E-state index contributed by atoms with van der Waals surface area (Å²) in [5.41, 5.74) is 6.24. The molecule has 2 N–H and O–H groups in total. The van der Waals surface area contributed by atoms with Gasteiger partial charge in [-0.05, 0) is 24.1 Å². The largest absolute Gasteiger partial charge is 0.324 e. The van der Waals surface area contributed by atoms with Crippen LogP contribution in [0.2, 0.25) is 0 Å². The number of hydrogen-bond donors (Lipinski definition) is 1. The molecule has 1 nitrogen and oxygen atoms in total. The molecule has 120 valence electrons. The van der Waals surface area contributed by atoms with Crippen molar-refractivity contribution >= 4 is 0 Å². The van der Waals surface area contributed by atoms with Crippen LogP contribution in [0.4, 0.5) is 13.2 Å². The molecule has 0 bridgehead atoms. The summed E-state index contributed by atoms with van der Waals surface area (Å²) in [7, 11) is 0. The number of unbranched alkanes of at least 4 members (excludes halogenated alkanes) is 7. The third-order valence-electron chi connectivity index (χ3n) is 3.80. The predicted molar refractivity (Wildman–Crippen MR) is 80.5 cm³/mol. The molecule has 0 aliphatic heterocycles. The third kappa shape index (κ3) is 6.51. The molecule has 0 aliphatic rings. The maximum Gasteiger partial charge on any atom is 0.194 e. The maximum absolute atomic E-state index is 13.1. The van der Waals surface area contributed by atoms with E-state index in [0.717, 1.165) is 25.0 Å². The van der Waals surface area contributed by atoms with Gasteiger partial charge in [0, 0.05) is 6.04 Å². The van der Waals surface area contributed by atoms with Gasteiger partial charge in [-0.25, -0.2) is 13.2 Å². The van der Waals surface area contributed by atoms with Crippen LogP contribution < -0.4 is 5.73 Å². The average molecular weight is 301 g/mol. The number of halogens is 3. The molecule has 21 heavy (non-hydrogen) atoms. The summed E-state index contributed by atoms with van der Waals surface area (Å²) in [6.45, 7) is 2.20. The monoisotopic (exact) mass is 301 g/mol. The molecule has 1 aromatic rings. The Bertz CT molecular complexity index is 397. The van der Waals surface area contributed by atoms with Crippen molar-refractivity contribution in [2.45, 2.75) is 70.8 Å². The van der Waals surface area contributed by atoms with Crippen molar-refractivity contribution in [2.24, 2.45) is 5.73 Å². The predicted octanol–water partition coefficient (Wildman–Crippen LogP) is 5.63. The highest BCUT2D eigenvalue weighted by atomic mass is 19.2. The molecule has 0 heterocycles. The van der Waals surface area contributed by atoms with Crippen LogP contribution in [-0.2, 0) is 0 Å². The lowest BCUT2D eigenvalue weighted by Gasteiger charge is -2.12. The summed E-state index contributed by atoms with van der Waals surface area (Å²) in [4.78, 5) is 0. The van der Waals surface area contributed by atoms with E-state index >= 15 is 0 Å². The van der Waals surface area contributed by atoms with Gasteiger partial charge >= 0.3 is 0 Å². The van der Waals surface area contributed by atoms with E-state index in [0.29, 0.717) is 12.0 Å². The lowest BCUT2D eigenvalue weighted by molar-refractivity contribution is 0.441. The lowest BCUT2D eigenvalue weighted by Crippen LogP contribution is -2.11. The second-order valence-corrected chi connectivity index (χ2v) is 5.67. The van der Waals surface area contributed by atoms with Crippen molar-refractivity contribution in [3.05, 3.63) is 35.1 Å². The van der Waals surface area contributed by atoms with Gasteiger partial charge in [0.25, 0.3) is 0 Å². The SMILES string of the molecule is CCCCCCCCCCC(N)c1cc(F)c(F)c(F)c1. The van der Waals surface area contributed by atoms with Crippen LogP contribution >= 0.6 is 0 Å². The summed E-state index contributed by atoms with van der Waals surface area (Å²) in [5.74, 6) is -3.77. The first kappa shape index (κ1) is 18.0. The quantitative estimate of drug-likeness (QED) is 0.439. The first-order valence-corrected chi connectivity index (χ1v) is 7.96. The minimum Gasteiger partial charge on any atom is -0.324 e. The van der Waals surface area contributed by atoms with Crippen molar-refractivity contribution in [2.75, 3.05) is 0 Å². The van der Waals surface area contributed by atoms with E-state index in [2.05, 4.69) is 6.92 Å². The van der Waals surface area contributed by atoms with Crippen molar-refractivity contribution in [1.29, 1.82) is 0 Å². The topological polar surface area (TPSA) is 26.0 Å². The summed E-state index contributed by atoms with van der Waals surface area (Å²) in [5, 5.41) is 0. The number of hydrogen-bond acceptors (Lipinski definition) is 1. The van der Waals surface area contributed by atoms with Crippen molar-refractivity contribution in [3.63, 3.8) is 0 Å². The smallest absolute Gasteiger partial charge is 0.194 e. The summed E-state index contributed by atoms with van der Waals surface area (Å²) in [6, 6.07) is 1.55. The fourth-order valence-electron chi connectivity index (χ4n) is 2.45. The van der Waals surface area contributed by atoms with Gasteiger partial charge in [-0.2, -0.15) is 0 Å². The zero-order chi connectivity index (χ0) is 15.7. The van der Waals surface area contributed by atoms with E-state index in [1.165, 1.54) is 38.5 Å². The Balaban J connectivity index is 2.23. The Morgan fingerprint density at radius 3 is 1.86 bits per heavy atom. The van der Waals surface area contributed by atoms with Crippen molar-refractivity contribution < 1.29 is 13.2 Å². The Morgan fingerprint density at radius 2 is 1.33 bits per heavy atom. The lowest BCUT2D eigenvalue weighted by atomic mass is 10.00. The molecule has 1 rings (SSSR count). The minimum atomic E-state index is -1.43. The Kier molecular flexibility index (Phi) is 8.43. The van der Waals surface area contributed by atoms with Crippen LogP contribution in [-0.4, -0.2) is 0 Å². The fraction of sp³-hybridized carbons (Fsp3) is 0.647. The molecular weight excluding hydrogens is 275 g/mol. The van der Waals surface area contributed by atoms with Gasteiger partial charge in [-0.15, -0.1) is 0 Å². The molecule has 0 saturated heterocycles. The molecule has 4 heteroatoms. The van der Waals surface area contributed by atoms with Gasteiger partial charge in [0.1, 0.15) is 0 Å². The van der Waals surface area contributed by atoms with Gasteiger partial charge in [0.2, 0.25) is 0 Å². The van der Waals surface area contributed by atoms with E-state index in [1.54, 1.807) is 0 Å². The van der Waals surface area contributed by atoms with E-state index in [1.807, 2.05) is 0 Å². The molecule has 0 saturated carbocycles. The second kappa shape index (κ2) is 9.82. The Labute approximate surface area is 125 Å². The third-order valence-corrected chi connectivity index (χ3v) is 3.80. The van der Waals surface area contributed by atoms with Crippen LogP contribution in [0.5, 0.6) is 0 Å². The number of nitrogens with two attached hydrogens (primary N) is 1. The minimum absolute atomic E-state index is 0.328. The average Bonchev–Trinajstić information content (AvgIpc) is 2.46. The highest BCUT2D eigenvalue weighted by Gasteiger charge is 2.14. The summed E-state index contributed by atoms with van der Waals surface area (Å²) < 4.78 is 39.1. The number of rotatable bonds is 10. The molecule has 1 unspecified atom stereocenters. The molecule has 0 spiro atoms. The van der Waals surface area contributed by atoms with Gasteiger partial charge in [-0.3, -0.25) is 0 Å². The van der Waals surface area contributed by atoms with Crippen LogP contribution in [0.3, 0.4) is 0 Å². The van der Waals surface area contributed by atoms with E-state index in [-0.39, 0.29) is 0 Å². The van der Waals surface area contributed by atoms with Crippen LogP contribution in [0.25, 0.3) is 0 Å². The Morgan fingerprint density at radius 1 is 0.857 bits per heavy atom. The maximum atomic E-state index is 13.1. The van der Waals surface area contributed by atoms with Crippen LogP contribution in [0.1, 0.15) is 76.3 Å². The summed E-state index contributed by atoms with van der Waals surface area (Å²) >= 11 is 0. The van der Waals surface area contributed by atoms with E-state index in [9.17, 15) is 13.2 Å². The molecule has 1 atom stereocenters. The normalized spacial score (nSPS) is 12.6. The van der Waals surface area contributed by atoms with Gasteiger partial charge in [0.15, 0.2) is 17.5 Å². The molecule has 1 aromatic carbocycles. The first-order valence-electron chi connectivity index (χ1n) is 7.96. The second-order valence-electron chi connectivity index (χ2n) is 5.67. The van der Waals surface area contributed by atoms with Gasteiger partial charge in [-0.1, -0.05) is 58.3 Å². The highest BCUT2D eigenvalue weighted by Crippen LogP contribution is 2.22. The highest BCUT2D eigenvalue weighted by molar-refractivity contribution is 5.22. The van der Waals surface area contributed by atoms with Crippen molar-refractivity contribution in [1.82, 2.24) is 0 Å². The van der Waals surface area contributed by atoms with Crippen molar-refractivity contribution in [3.8, 4) is 0 Å². The van der Waals surface area contributed by atoms with Crippen LogP contribution in [0.15, 0.2) is 12.1 Å². The molecular formula is C17H26F3N. The molecule has 0 aliphatic carbocycles. The van der Waals surface area contributed by atoms with E-state index in [4.69, 9.17) is 5.73 Å². The zero-order valence-electron chi connectivity index (χ0n) is 12.8.